The second-order valence-electron chi connectivity index (χ2n) is 3.78. The molecule has 1 atom stereocenters. The molecule has 1 aromatic heterocycles. The minimum Gasteiger partial charge on any atom is -0.296 e. The second kappa shape index (κ2) is 3.92. The Bertz CT molecular complexity index is 547. The largest absolute Gasteiger partial charge is 0.296 e. The number of hydrogen-bond acceptors (Lipinski definition) is 3. The van der Waals surface area contributed by atoms with Gasteiger partial charge in [-0.2, -0.15) is 0 Å². The van der Waals surface area contributed by atoms with Crippen molar-refractivity contribution in [1.82, 2.24) is 9.78 Å². The van der Waals surface area contributed by atoms with E-state index in [1.54, 1.807) is 0 Å². The van der Waals surface area contributed by atoms with Crippen LogP contribution < -0.4 is 0 Å². The number of H-pyrrole nitrogens is 1. The monoisotopic (exact) mass is 268 g/mol. The maximum absolute atomic E-state index is 12.4. The third-order valence-corrected chi connectivity index (χ3v) is 4.64. The Kier molecular flexibility index (Phi) is 2.87. The van der Waals surface area contributed by atoms with Gasteiger partial charge in [-0.1, -0.05) is 12.2 Å². The molecule has 1 aliphatic rings. The number of aromatic amines is 1. The summed E-state index contributed by atoms with van der Waals surface area (Å²) in [6, 6.07) is 0.829. The Labute approximate surface area is 96.2 Å². The fourth-order valence-electron chi connectivity index (χ4n) is 1.79. The summed E-state index contributed by atoms with van der Waals surface area (Å²) in [5.74, 6) is 0.0486. The molecule has 2 heterocycles. The highest BCUT2D eigenvalue weighted by atomic mass is 32.2. The van der Waals surface area contributed by atoms with E-state index < -0.39 is 16.3 Å². The normalized spacial score (nSPS) is 24.1. The van der Waals surface area contributed by atoms with E-state index in [4.69, 9.17) is 12.2 Å². The number of hydrogen-bond donors (Lipinski definition) is 1. The smallest absolute Gasteiger partial charge is 0.279 e. The molecule has 0 aliphatic carbocycles. The minimum absolute atomic E-state index is 0.0372. The summed E-state index contributed by atoms with van der Waals surface area (Å²) in [6.07, 6.45) is -2.21. The molecule has 4 nitrogen and oxygen atoms in total. The summed E-state index contributed by atoms with van der Waals surface area (Å²) in [5, 5.41) is 2.46. The number of aromatic nitrogens is 2. The van der Waals surface area contributed by atoms with Crippen molar-refractivity contribution in [2.75, 3.05) is 11.5 Å². The lowest BCUT2D eigenvalue weighted by Crippen LogP contribution is -2.12. The highest BCUT2D eigenvalue weighted by Gasteiger charge is 2.30. The highest BCUT2D eigenvalue weighted by molar-refractivity contribution is 7.91. The molecule has 1 N–H and O–H groups in total. The number of rotatable bonds is 2. The fraction of sp³-hybridized carbons (Fsp3) is 0.625. The summed E-state index contributed by atoms with van der Waals surface area (Å²) in [7, 11) is -3.05. The van der Waals surface area contributed by atoms with Crippen LogP contribution in [-0.2, 0) is 9.84 Å². The van der Waals surface area contributed by atoms with Crippen LogP contribution in [0.1, 0.15) is 24.6 Å². The number of sulfone groups is 1. The van der Waals surface area contributed by atoms with Crippen LogP contribution in [0.4, 0.5) is 8.78 Å². The number of alkyl halides is 2. The fourth-order valence-corrected chi connectivity index (χ4v) is 3.81. The molecule has 0 saturated carbocycles. The molecule has 90 valence electrons. The van der Waals surface area contributed by atoms with Crippen LogP contribution in [0.3, 0.4) is 0 Å². The first kappa shape index (κ1) is 11.7. The molecule has 0 aromatic carbocycles. The van der Waals surface area contributed by atoms with Crippen LogP contribution in [-0.4, -0.2) is 29.7 Å². The van der Waals surface area contributed by atoms with E-state index in [9.17, 15) is 17.2 Å². The number of nitrogens with one attached hydrogen (secondary N) is 1. The molecule has 16 heavy (non-hydrogen) atoms. The van der Waals surface area contributed by atoms with Gasteiger partial charge in [0.15, 0.2) is 9.84 Å². The minimum atomic E-state index is -3.05. The average molecular weight is 268 g/mol. The first-order valence-electron chi connectivity index (χ1n) is 4.69. The van der Waals surface area contributed by atoms with Crippen LogP contribution in [0, 0.1) is 4.64 Å². The SMILES string of the molecule is O=S1(=O)CCC(n2[nH]c(C(F)F)cc2=S)C1. The molecular weight excluding hydrogens is 258 g/mol. The van der Waals surface area contributed by atoms with Gasteiger partial charge < -0.3 is 0 Å². The predicted molar refractivity (Wildman–Crippen MR) is 56.9 cm³/mol. The lowest BCUT2D eigenvalue weighted by atomic mass is 10.3. The van der Waals surface area contributed by atoms with Gasteiger partial charge in [-0.05, 0) is 6.42 Å². The molecule has 2 rings (SSSR count). The van der Waals surface area contributed by atoms with Crippen molar-refractivity contribution in [2.24, 2.45) is 0 Å². The molecule has 0 amide bonds. The van der Waals surface area contributed by atoms with Crippen LogP contribution in [0.15, 0.2) is 6.07 Å². The summed E-state index contributed by atoms with van der Waals surface area (Å²) < 4.78 is 48.9. The van der Waals surface area contributed by atoms with Crippen LogP contribution in [0.5, 0.6) is 0 Å². The van der Waals surface area contributed by atoms with E-state index in [2.05, 4.69) is 5.10 Å². The first-order chi connectivity index (χ1) is 7.39. The summed E-state index contributed by atoms with van der Waals surface area (Å²) in [4.78, 5) is 0. The van der Waals surface area contributed by atoms with Gasteiger partial charge in [-0.3, -0.25) is 9.78 Å². The van der Waals surface area contributed by atoms with Gasteiger partial charge in [0.25, 0.3) is 6.43 Å². The standard InChI is InChI=1S/C8H10F2N2O2S2/c9-8(10)6-3-7(15)12(11-6)5-1-2-16(13,14)4-5/h3,5,8,11H,1-2,4H2. The number of halogens is 2. The maximum Gasteiger partial charge on any atom is 0.279 e. The molecule has 1 aliphatic heterocycles. The van der Waals surface area contributed by atoms with Gasteiger partial charge in [0.05, 0.1) is 17.5 Å². The Balaban J connectivity index is 2.32. The maximum atomic E-state index is 12.4. The van der Waals surface area contributed by atoms with Gasteiger partial charge in [-0.15, -0.1) is 0 Å². The van der Waals surface area contributed by atoms with Gasteiger partial charge in [0.1, 0.15) is 10.3 Å². The zero-order valence-electron chi connectivity index (χ0n) is 8.19. The van der Waals surface area contributed by atoms with Crippen molar-refractivity contribution in [3.8, 4) is 0 Å². The summed E-state index contributed by atoms with van der Waals surface area (Å²) in [6.45, 7) is 0. The van der Waals surface area contributed by atoms with Crippen LogP contribution in [0.25, 0.3) is 0 Å². The van der Waals surface area contributed by atoms with E-state index in [1.807, 2.05) is 0 Å². The van der Waals surface area contributed by atoms with E-state index in [1.165, 1.54) is 10.7 Å². The van der Waals surface area contributed by atoms with E-state index in [-0.39, 0.29) is 27.9 Å². The molecule has 0 bridgehead atoms. The van der Waals surface area contributed by atoms with Crippen LogP contribution in [0.2, 0.25) is 0 Å². The number of nitrogens with zero attached hydrogens (tertiary/aromatic N) is 1. The second-order valence-corrected chi connectivity index (χ2v) is 6.42. The third kappa shape index (κ3) is 2.17. The Morgan fingerprint density at radius 2 is 2.25 bits per heavy atom. The van der Waals surface area contributed by atoms with Crippen molar-refractivity contribution >= 4 is 22.1 Å². The predicted octanol–water partition coefficient (Wildman–Crippen LogP) is 1.84. The van der Waals surface area contributed by atoms with E-state index in [0.717, 1.165) is 0 Å². The van der Waals surface area contributed by atoms with Gasteiger partial charge >= 0.3 is 0 Å². The van der Waals surface area contributed by atoms with Crippen LogP contribution >= 0.6 is 12.2 Å². The van der Waals surface area contributed by atoms with Crippen molar-refractivity contribution in [2.45, 2.75) is 18.9 Å². The molecule has 1 saturated heterocycles. The van der Waals surface area contributed by atoms with Crippen molar-refractivity contribution in [3.63, 3.8) is 0 Å². The third-order valence-electron chi connectivity index (χ3n) is 2.57. The Hall–Kier alpha value is -0.760. The molecule has 0 radical (unpaired) electrons. The average Bonchev–Trinajstić information content (AvgIpc) is 2.69. The van der Waals surface area contributed by atoms with Crippen molar-refractivity contribution < 1.29 is 17.2 Å². The van der Waals surface area contributed by atoms with E-state index >= 15 is 0 Å². The topological polar surface area (TPSA) is 54.9 Å². The van der Waals surface area contributed by atoms with Gasteiger partial charge in [-0.25, -0.2) is 17.2 Å². The van der Waals surface area contributed by atoms with Crippen molar-refractivity contribution in [3.05, 3.63) is 16.4 Å². The van der Waals surface area contributed by atoms with Crippen molar-refractivity contribution in [1.29, 1.82) is 0 Å². The Morgan fingerprint density at radius 1 is 1.56 bits per heavy atom. The zero-order valence-corrected chi connectivity index (χ0v) is 9.82. The van der Waals surface area contributed by atoms with E-state index in [0.29, 0.717) is 6.42 Å². The lowest BCUT2D eigenvalue weighted by molar-refractivity contribution is 0.144. The van der Waals surface area contributed by atoms with Gasteiger partial charge in [0, 0.05) is 6.07 Å². The molecule has 0 spiro atoms. The lowest BCUT2D eigenvalue weighted by Gasteiger charge is -2.09. The zero-order chi connectivity index (χ0) is 11.9. The summed E-state index contributed by atoms with van der Waals surface area (Å²) >= 11 is 4.91. The molecule has 1 aromatic rings. The first-order valence-corrected chi connectivity index (χ1v) is 6.92. The molecule has 1 unspecified atom stereocenters. The molecule has 8 heteroatoms. The molecule has 1 fully saturated rings. The quantitative estimate of drug-likeness (QED) is 0.833. The summed E-state index contributed by atoms with van der Waals surface area (Å²) in [5.41, 5.74) is -0.269. The Morgan fingerprint density at radius 3 is 2.69 bits per heavy atom. The van der Waals surface area contributed by atoms with Gasteiger partial charge in [0.2, 0.25) is 0 Å². The molecular formula is C8H10F2N2O2S2. The highest BCUT2D eigenvalue weighted by Crippen LogP contribution is 2.25.